The fraction of sp³-hybridized carbons (Fsp3) is 0.455. The van der Waals surface area contributed by atoms with E-state index in [1.165, 1.54) is 16.8 Å². The molecule has 2 saturated heterocycles. The maximum absolute atomic E-state index is 13.0. The van der Waals surface area contributed by atoms with Gasteiger partial charge in [-0.15, -0.1) is 0 Å². The normalized spacial score (nSPS) is 25.3. The van der Waals surface area contributed by atoms with Crippen molar-refractivity contribution < 1.29 is 14.6 Å². The Hall–Kier alpha value is -3.24. The van der Waals surface area contributed by atoms with E-state index in [1.54, 1.807) is 24.2 Å². The smallest absolute Gasteiger partial charge is 0.328 e. The van der Waals surface area contributed by atoms with Gasteiger partial charge in [-0.3, -0.25) is 19.1 Å². The third-order valence-corrected chi connectivity index (χ3v) is 6.77. The fourth-order valence-corrected chi connectivity index (χ4v) is 4.81. The minimum atomic E-state index is -1.26. The van der Waals surface area contributed by atoms with E-state index in [0.29, 0.717) is 37.9 Å². The van der Waals surface area contributed by atoms with Gasteiger partial charge in [0.15, 0.2) is 0 Å². The molecule has 1 spiro atoms. The van der Waals surface area contributed by atoms with Gasteiger partial charge in [0, 0.05) is 37.3 Å². The topological polar surface area (TPSA) is 133 Å². The van der Waals surface area contributed by atoms with Gasteiger partial charge in [-0.25, -0.2) is 9.78 Å². The predicted octanol–water partition coefficient (Wildman–Crippen LogP) is 0.800. The Morgan fingerprint density at radius 3 is 2.78 bits per heavy atom. The molecule has 2 aliphatic rings. The lowest BCUT2D eigenvalue weighted by atomic mass is 9.77. The number of likely N-dealkylation sites (tertiary alicyclic amines) is 1. The molecule has 2 aliphatic heterocycles. The quantitative estimate of drug-likeness (QED) is 0.541. The second-order valence-corrected chi connectivity index (χ2v) is 8.99. The van der Waals surface area contributed by atoms with E-state index >= 15 is 0 Å². The number of nitrogens with one attached hydrogen (secondary N) is 2. The van der Waals surface area contributed by atoms with Crippen LogP contribution in [0.25, 0.3) is 11.0 Å². The Morgan fingerprint density at radius 1 is 1.25 bits per heavy atom. The van der Waals surface area contributed by atoms with E-state index in [1.807, 2.05) is 12.1 Å². The molecule has 5 rings (SSSR count). The van der Waals surface area contributed by atoms with E-state index < -0.39 is 28.5 Å². The van der Waals surface area contributed by atoms with Gasteiger partial charge < -0.3 is 19.7 Å². The summed E-state index contributed by atoms with van der Waals surface area (Å²) in [4.78, 5) is 48.1. The van der Waals surface area contributed by atoms with Crippen LogP contribution >= 0.6 is 0 Å². The first-order valence-electron chi connectivity index (χ1n) is 10.7. The summed E-state index contributed by atoms with van der Waals surface area (Å²) in [7, 11) is 0. The van der Waals surface area contributed by atoms with Crippen molar-refractivity contribution in [2.45, 2.75) is 43.4 Å². The number of ether oxygens (including phenoxy) is 1. The zero-order valence-corrected chi connectivity index (χ0v) is 17.7. The van der Waals surface area contributed by atoms with Crippen molar-refractivity contribution >= 4 is 16.9 Å². The van der Waals surface area contributed by atoms with Crippen LogP contribution in [0.2, 0.25) is 0 Å². The van der Waals surface area contributed by atoms with Crippen molar-refractivity contribution in [2.75, 3.05) is 19.7 Å². The predicted molar refractivity (Wildman–Crippen MR) is 116 cm³/mol. The van der Waals surface area contributed by atoms with Crippen LogP contribution in [-0.4, -0.2) is 66.3 Å². The molecule has 4 heterocycles. The second kappa shape index (κ2) is 7.42. The number of rotatable bonds is 2. The number of aromatic amines is 2. The van der Waals surface area contributed by atoms with Crippen molar-refractivity contribution in [1.29, 1.82) is 0 Å². The van der Waals surface area contributed by atoms with Gasteiger partial charge in [-0.1, -0.05) is 0 Å². The van der Waals surface area contributed by atoms with Crippen molar-refractivity contribution in [2.24, 2.45) is 0 Å². The average Bonchev–Trinajstić information content (AvgIpc) is 3.24. The molecule has 3 N–H and O–H groups in total. The molecule has 0 bridgehead atoms. The summed E-state index contributed by atoms with van der Waals surface area (Å²) in [6.45, 7) is 2.71. The maximum atomic E-state index is 13.0. The van der Waals surface area contributed by atoms with Gasteiger partial charge in [-0.05, 0) is 38.0 Å². The third-order valence-electron chi connectivity index (χ3n) is 6.77. The highest BCUT2D eigenvalue weighted by molar-refractivity contribution is 5.97. The Morgan fingerprint density at radius 2 is 2.03 bits per heavy atom. The van der Waals surface area contributed by atoms with Gasteiger partial charge in [0.2, 0.25) is 0 Å². The fourth-order valence-electron chi connectivity index (χ4n) is 4.81. The minimum Gasteiger partial charge on any atom is -0.386 e. The monoisotopic (exact) mass is 439 g/mol. The van der Waals surface area contributed by atoms with Gasteiger partial charge in [0.25, 0.3) is 11.5 Å². The molecule has 10 nitrogen and oxygen atoms in total. The van der Waals surface area contributed by atoms with E-state index in [4.69, 9.17) is 4.74 Å². The number of H-pyrrole nitrogens is 2. The average molecular weight is 439 g/mol. The van der Waals surface area contributed by atoms with E-state index in [2.05, 4.69) is 15.0 Å². The highest BCUT2D eigenvalue weighted by atomic mass is 16.5. The molecule has 1 aromatic carbocycles. The number of carbonyl (C=O) groups is 1. The summed E-state index contributed by atoms with van der Waals surface area (Å²) in [5.74, 6) is -0.0486. The van der Waals surface area contributed by atoms with Gasteiger partial charge in [0.05, 0.1) is 35.6 Å². The number of nitrogens with zero attached hydrogens (tertiary/aromatic N) is 3. The van der Waals surface area contributed by atoms with Crippen molar-refractivity contribution in [3.05, 3.63) is 63.2 Å². The van der Waals surface area contributed by atoms with Crippen LogP contribution in [0.3, 0.4) is 0 Å². The number of aliphatic hydroxyl groups is 1. The van der Waals surface area contributed by atoms with Crippen LogP contribution < -0.4 is 11.2 Å². The molecule has 1 amide bonds. The minimum absolute atomic E-state index is 0.0486. The molecule has 2 aromatic heterocycles. The Labute approximate surface area is 182 Å². The van der Waals surface area contributed by atoms with Crippen molar-refractivity contribution in [3.63, 3.8) is 0 Å². The number of amides is 1. The van der Waals surface area contributed by atoms with Crippen LogP contribution in [0.1, 0.15) is 42.6 Å². The summed E-state index contributed by atoms with van der Waals surface area (Å²) in [5, 5.41) is 10.9. The Kier molecular flexibility index (Phi) is 4.79. The summed E-state index contributed by atoms with van der Waals surface area (Å²) in [6, 6.07) is 6.14. The Balaban J connectivity index is 1.33. The molecule has 32 heavy (non-hydrogen) atoms. The van der Waals surface area contributed by atoms with Crippen LogP contribution in [-0.2, 0) is 4.74 Å². The summed E-state index contributed by atoms with van der Waals surface area (Å²) < 4.78 is 7.51. The summed E-state index contributed by atoms with van der Waals surface area (Å²) in [5.41, 5.74) is -0.620. The largest absolute Gasteiger partial charge is 0.386 e. The SMILES string of the molecule is C[C@]1(O)COC2(CCN(C(=O)c3ccc4nc[nH]c4c3)CC2)C[C@@H]1n1ccc(=O)[nH]c1=O. The van der Waals surface area contributed by atoms with Crippen molar-refractivity contribution in [1.82, 2.24) is 24.4 Å². The van der Waals surface area contributed by atoms with Crippen LogP contribution in [0.4, 0.5) is 0 Å². The number of hydrogen-bond acceptors (Lipinski definition) is 6. The maximum Gasteiger partial charge on any atom is 0.328 e. The zero-order chi connectivity index (χ0) is 22.5. The van der Waals surface area contributed by atoms with Crippen LogP contribution in [0, 0.1) is 0 Å². The number of benzene rings is 1. The zero-order valence-electron chi connectivity index (χ0n) is 17.7. The van der Waals surface area contributed by atoms with E-state index in [0.717, 1.165) is 11.0 Å². The number of carbonyl (C=O) groups excluding carboxylic acids is 1. The number of piperidine rings is 1. The summed E-state index contributed by atoms with van der Waals surface area (Å²) in [6.07, 6.45) is 4.62. The summed E-state index contributed by atoms with van der Waals surface area (Å²) >= 11 is 0. The molecule has 168 valence electrons. The molecule has 3 aromatic rings. The van der Waals surface area contributed by atoms with Gasteiger partial charge in [-0.2, -0.15) is 0 Å². The van der Waals surface area contributed by atoms with Crippen molar-refractivity contribution in [3.8, 4) is 0 Å². The van der Waals surface area contributed by atoms with Crippen LogP contribution in [0.15, 0.2) is 46.4 Å². The molecule has 2 fully saturated rings. The van der Waals surface area contributed by atoms with Gasteiger partial charge >= 0.3 is 5.69 Å². The lowest BCUT2D eigenvalue weighted by Gasteiger charge is -2.51. The molecule has 10 heteroatoms. The number of hydrogen-bond donors (Lipinski definition) is 3. The first kappa shape index (κ1) is 20.7. The third kappa shape index (κ3) is 3.55. The number of imidazole rings is 1. The molecule has 0 saturated carbocycles. The molecule has 0 aliphatic carbocycles. The highest BCUT2D eigenvalue weighted by Crippen LogP contribution is 2.43. The highest BCUT2D eigenvalue weighted by Gasteiger charge is 2.49. The second-order valence-electron chi connectivity index (χ2n) is 8.99. The van der Waals surface area contributed by atoms with Crippen LogP contribution in [0.5, 0.6) is 0 Å². The van der Waals surface area contributed by atoms with Gasteiger partial charge in [0.1, 0.15) is 5.60 Å². The molecular weight excluding hydrogens is 414 g/mol. The molecular formula is C22H25N5O5. The Bertz CT molecular complexity index is 1280. The molecule has 0 unspecified atom stereocenters. The van der Waals surface area contributed by atoms with E-state index in [9.17, 15) is 19.5 Å². The number of aromatic nitrogens is 4. The lowest BCUT2D eigenvalue weighted by Crippen LogP contribution is -2.58. The molecule has 0 radical (unpaired) electrons. The first-order valence-corrected chi connectivity index (χ1v) is 10.7. The first-order chi connectivity index (χ1) is 15.3. The lowest BCUT2D eigenvalue weighted by molar-refractivity contribution is -0.199. The molecule has 2 atom stereocenters. The standard InChI is InChI=1S/C22H25N5O5/c1-21(31)12-32-22(11-17(21)27-7-4-18(28)25-20(27)30)5-8-26(9-6-22)19(29)14-2-3-15-16(10-14)24-13-23-15/h2-4,7,10,13,17,31H,5-6,8-9,11-12H2,1H3,(H,23,24)(H,25,28,30)/t17-,21-/m0/s1. The number of fused-ring (bicyclic) bond motifs is 1. The van der Waals surface area contributed by atoms with E-state index in [-0.39, 0.29) is 12.5 Å².